The summed E-state index contributed by atoms with van der Waals surface area (Å²) in [6.45, 7) is 0. The van der Waals surface area contributed by atoms with Crippen molar-refractivity contribution in [2.75, 3.05) is 7.11 Å². The summed E-state index contributed by atoms with van der Waals surface area (Å²) in [6, 6.07) is 21.0. The van der Waals surface area contributed by atoms with E-state index < -0.39 is 11.9 Å². The first-order valence-corrected chi connectivity index (χ1v) is 8.74. The molecule has 0 aliphatic carbocycles. The molecule has 0 saturated carbocycles. The van der Waals surface area contributed by atoms with Crippen molar-refractivity contribution < 1.29 is 19.4 Å². The second kappa shape index (κ2) is 8.59. The Bertz CT molecular complexity index is 1340. The van der Waals surface area contributed by atoms with Crippen molar-refractivity contribution in [1.29, 1.82) is 10.5 Å². The first-order valence-electron chi connectivity index (χ1n) is 8.74. The molecule has 0 saturated heterocycles. The number of carboxylic acid groups (broad SMARTS) is 1. The molecule has 0 unspecified atom stereocenters. The quantitative estimate of drug-likeness (QED) is 0.487. The van der Waals surface area contributed by atoms with Crippen molar-refractivity contribution in [3.63, 3.8) is 0 Å². The summed E-state index contributed by atoms with van der Waals surface area (Å²) < 4.78 is 4.45. The SMILES string of the molecule is COC(=O)c1ccc(C(=O)O)cc1.N#Cc1cc2[nH]c3ccccc3c2cc1C#N. The van der Waals surface area contributed by atoms with Gasteiger partial charge in [-0.25, -0.2) is 9.59 Å². The Morgan fingerprint density at radius 1 is 0.867 bits per heavy atom. The molecule has 146 valence electrons. The number of aromatic nitrogens is 1. The molecule has 1 heterocycles. The Kier molecular flexibility index (Phi) is 5.76. The standard InChI is InChI=1S/C14H7N3.C9H8O4/c15-7-9-5-12-11-3-1-2-4-13(11)17-14(12)6-10(9)8-16;1-13-9(12)7-4-2-6(3-5-7)8(10)11/h1-6,17H;2-5H,1H3,(H,10,11). The highest BCUT2D eigenvalue weighted by Crippen LogP contribution is 2.27. The number of H-pyrrole nitrogens is 1. The number of aromatic carboxylic acids is 1. The van der Waals surface area contributed by atoms with Crippen LogP contribution in [0.5, 0.6) is 0 Å². The van der Waals surface area contributed by atoms with Gasteiger partial charge < -0.3 is 14.8 Å². The minimum atomic E-state index is -1.02. The number of ether oxygens (including phenoxy) is 1. The molecule has 3 aromatic carbocycles. The number of benzene rings is 3. The minimum Gasteiger partial charge on any atom is -0.478 e. The molecule has 0 aliphatic heterocycles. The van der Waals surface area contributed by atoms with Crippen molar-refractivity contribution >= 4 is 33.7 Å². The molecule has 0 atom stereocenters. The number of rotatable bonds is 2. The number of methoxy groups -OCH3 is 1. The fourth-order valence-corrected chi connectivity index (χ4v) is 2.95. The van der Waals surface area contributed by atoms with Crippen LogP contribution >= 0.6 is 0 Å². The van der Waals surface area contributed by atoms with Gasteiger partial charge >= 0.3 is 11.9 Å². The van der Waals surface area contributed by atoms with Gasteiger partial charge in [-0.3, -0.25) is 0 Å². The lowest BCUT2D eigenvalue weighted by Gasteiger charge is -1.98. The Hall–Kier alpha value is -4.62. The van der Waals surface area contributed by atoms with Crippen molar-refractivity contribution in [3.8, 4) is 12.1 Å². The number of para-hydroxylation sites is 1. The molecule has 2 N–H and O–H groups in total. The van der Waals surface area contributed by atoms with Gasteiger partial charge in [-0.05, 0) is 42.5 Å². The zero-order valence-corrected chi connectivity index (χ0v) is 15.8. The minimum absolute atomic E-state index is 0.146. The average Bonchev–Trinajstić information content (AvgIpc) is 3.15. The highest BCUT2D eigenvalue weighted by molar-refractivity contribution is 6.08. The molecule has 0 spiro atoms. The zero-order valence-electron chi connectivity index (χ0n) is 15.8. The van der Waals surface area contributed by atoms with Gasteiger partial charge in [0.25, 0.3) is 0 Å². The number of nitrogens with zero attached hydrogens (tertiary/aromatic N) is 2. The van der Waals surface area contributed by atoms with Crippen LogP contribution in [0.25, 0.3) is 21.8 Å². The molecule has 0 fully saturated rings. The van der Waals surface area contributed by atoms with E-state index in [0.29, 0.717) is 16.7 Å². The van der Waals surface area contributed by atoms with E-state index in [1.165, 1.54) is 31.4 Å². The lowest BCUT2D eigenvalue weighted by atomic mass is 10.1. The maximum absolute atomic E-state index is 10.9. The molecule has 0 amide bonds. The summed E-state index contributed by atoms with van der Waals surface area (Å²) in [5, 5.41) is 28.6. The fourth-order valence-electron chi connectivity index (χ4n) is 2.95. The van der Waals surface area contributed by atoms with E-state index >= 15 is 0 Å². The smallest absolute Gasteiger partial charge is 0.337 e. The predicted octanol–water partition coefficient (Wildman–Crippen LogP) is 4.24. The second-order valence-corrected chi connectivity index (χ2v) is 6.21. The van der Waals surface area contributed by atoms with Gasteiger partial charge in [0.1, 0.15) is 12.1 Å². The number of fused-ring (bicyclic) bond motifs is 3. The zero-order chi connectivity index (χ0) is 21.7. The van der Waals surface area contributed by atoms with Crippen LogP contribution < -0.4 is 0 Å². The number of hydrogen-bond donors (Lipinski definition) is 2. The molecule has 1 aromatic heterocycles. The molecule has 7 heteroatoms. The molecular weight excluding hydrogens is 382 g/mol. The molecule has 0 aliphatic rings. The van der Waals surface area contributed by atoms with Crippen LogP contribution in [0.2, 0.25) is 0 Å². The maximum atomic E-state index is 10.9. The van der Waals surface area contributed by atoms with E-state index in [0.717, 1.165) is 21.8 Å². The van der Waals surface area contributed by atoms with Gasteiger partial charge in [-0.15, -0.1) is 0 Å². The van der Waals surface area contributed by atoms with Gasteiger partial charge in [0, 0.05) is 21.8 Å². The summed E-state index contributed by atoms with van der Waals surface area (Å²) in [6.07, 6.45) is 0. The van der Waals surface area contributed by atoms with Gasteiger partial charge in [-0.2, -0.15) is 10.5 Å². The van der Waals surface area contributed by atoms with E-state index in [-0.39, 0.29) is 5.56 Å². The van der Waals surface area contributed by atoms with E-state index in [4.69, 9.17) is 15.6 Å². The highest BCUT2D eigenvalue weighted by Gasteiger charge is 2.09. The van der Waals surface area contributed by atoms with Gasteiger partial charge in [-0.1, -0.05) is 18.2 Å². The first kappa shape index (κ1) is 20.1. The molecular formula is C23H15N3O4. The second-order valence-electron chi connectivity index (χ2n) is 6.21. The van der Waals surface area contributed by atoms with Crippen molar-refractivity contribution in [2.24, 2.45) is 0 Å². The summed E-state index contributed by atoms with van der Waals surface area (Å²) in [4.78, 5) is 24.6. The summed E-state index contributed by atoms with van der Waals surface area (Å²) in [7, 11) is 1.27. The van der Waals surface area contributed by atoms with Crippen LogP contribution in [0.1, 0.15) is 31.8 Å². The molecule has 4 rings (SSSR count). The fraction of sp³-hybridized carbons (Fsp3) is 0.0435. The summed E-state index contributed by atoms with van der Waals surface area (Å²) in [5.74, 6) is -1.49. The largest absolute Gasteiger partial charge is 0.478 e. The van der Waals surface area contributed by atoms with E-state index in [9.17, 15) is 9.59 Å². The van der Waals surface area contributed by atoms with Crippen LogP contribution in [-0.2, 0) is 4.74 Å². The normalized spacial score (nSPS) is 9.83. The highest BCUT2D eigenvalue weighted by atomic mass is 16.5. The van der Waals surface area contributed by atoms with E-state index in [1.807, 2.05) is 30.3 Å². The number of nitriles is 2. The molecule has 0 radical (unpaired) electrons. The van der Waals surface area contributed by atoms with E-state index in [1.54, 1.807) is 12.1 Å². The number of carboxylic acids is 1. The summed E-state index contributed by atoms with van der Waals surface area (Å²) in [5.41, 5.74) is 3.22. The van der Waals surface area contributed by atoms with Gasteiger partial charge in [0.15, 0.2) is 0 Å². The topological polar surface area (TPSA) is 127 Å². The molecule has 30 heavy (non-hydrogen) atoms. The van der Waals surface area contributed by atoms with Crippen molar-refractivity contribution in [3.05, 3.63) is 82.9 Å². The van der Waals surface area contributed by atoms with Crippen molar-refractivity contribution in [2.45, 2.75) is 0 Å². The van der Waals surface area contributed by atoms with Gasteiger partial charge in [0.2, 0.25) is 0 Å². The Morgan fingerprint density at radius 3 is 2.07 bits per heavy atom. The first-order chi connectivity index (χ1) is 14.5. The molecule has 0 bridgehead atoms. The number of aromatic amines is 1. The number of carbonyl (C=O) groups excluding carboxylic acids is 1. The monoisotopic (exact) mass is 397 g/mol. The third-order valence-corrected chi connectivity index (χ3v) is 4.44. The number of esters is 1. The number of hydrogen-bond acceptors (Lipinski definition) is 5. The van der Waals surface area contributed by atoms with Crippen LogP contribution in [0.3, 0.4) is 0 Å². The Morgan fingerprint density at radius 2 is 1.47 bits per heavy atom. The van der Waals surface area contributed by atoms with Crippen LogP contribution in [-0.4, -0.2) is 29.1 Å². The van der Waals surface area contributed by atoms with E-state index in [2.05, 4.69) is 15.8 Å². The average molecular weight is 397 g/mol. The number of carbonyl (C=O) groups is 2. The van der Waals surface area contributed by atoms with Crippen LogP contribution in [0.4, 0.5) is 0 Å². The lowest BCUT2D eigenvalue weighted by Crippen LogP contribution is -2.02. The van der Waals surface area contributed by atoms with Gasteiger partial charge in [0.05, 0.1) is 29.4 Å². The lowest BCUT2D eigenvalue weighted by molar-refractivity contribution is 0.0598. The summed E-state index contributed by atoms with van der Waals surface area (Å²) >= 11 is 0. The van der Waals surface area contributed by atoms with Crippen LogP contribution in [0.15, 0.2) is 60.7 Å². The molecule has 4 aromatic rings. The maximum Gasteiger partial charge on any atom is 0.337 e. The Balaban J connectivity index is 0.000000178. The third-order valence-electron chi connectivity index (χ3n) is 4.44. The predicted molar refractivity (Wildman–Crippen MR) is 110 cm³/mol. The number of nitrogens with one attached hydrogen (secondary N) is 1. The molecule has 7 nitrogen and oxygen atoms in total. The van der Waals surface area contributed by atoms with Crippen LogP contribution in [0, 0.1) is 22.7 Å². The third kappa shape index (κ3) is 3.96. The Labute approximate surface area is 171 Å². The van der Waals surface area contributed by atoms with Crippen molar-refractivity contribution in [1.82, 2.24) is 4.98 Å².